The van der Waals surface area contributed by atoms with Gasteiger partial charge in [-0.05, 0) is 35.7 Å². The summed E-state index contributed by atoms with van der Waals surface area (Å²) in [6.45, 7) is 6.87. The molecule has 0 bridgehead atoms. The molecule has 1 saturated heterocycles. The maximum atomic E-state index is 12.9. The van der Waals surface area contributed by atoms with Crippen molar-refractivity contribution in [2.24, 2.45) is 0 Å². The summed E-state index contributed by atoms with van der Waals surface area (Å²) in [4.78, 5) is 6.99. The van der Waals surface area contributed by atoms with E-state index in [9.17, 15) is 8.42 Å². The summed E-state index contributed by atoms with van der Waals surface area (Å²) in [7, 11) is -3.47. The van der Waals surface area contributed by atoms with Gasteiger partial charge in [-0.1, -0.05) is 37.6 Å². The molecule has 2 heterocycles. The minimum Gasteiger partial charge on any atom is -0.439 e. The molecule has 1 fully saturated rings. The van der Waals surface area contributed by atoms with E-state index in [-0.39, 0.29) is 0 Å². The third-order valence-corrected chi connectivity index (χ3v) is 7.42. The molecule has 1 aliphatic heterocycles. The minimum atomic E-state index is -3.47. The van der Waals surface area contributed by atoms with Gasteiger partial charge >= 0.3 is 0 Å². The fraction of sp³-hybridized carbons (Fsp3) is 0.381. The fourth-order valence-electron chi connectivity index (χ4n) is 3.51. The highest BCUT2D eigenvalue weighted by Gasteiger charge is 2.29. The topological polar surface area (TPSA) is 66.7 Å². The van der Waals surface area contributed by atoms with Gasteiger partial charge in [0.15, 0.2) is 5.58 Å². The van der Waals surface area contributed by atoms with Crippen LogP contribution in [0.3, 0.4) is 0 Å². The highest BCUT2D eigenvalue weighted by molar-refractivity contribution is 7.89. The van der Waals surface area contributed by atoms with Crippen LogP contribution in [-0.2, 0) is 16.6 Å². The number of hydrogen-bond donors (Lipinski definition) is 0. The Hall–Kier alpha value is -1.93. The molecule has 0 radical (unpaired) electrons. The Balaban J connectivity index is 1.40. The summed E-state index contributed by atoms with van der Waals surface area (Å²) in [5.74, 6) is 0.987. The maximum Gasteiger partial charge on any atom is 0.243 e. The molecule has 4 rings (SSSR count). The number of aromatic nitrogens is 1. The van der Waals surface area contributed by atoms with E-state index in [1.165, 1.54) is 0 Å². The summed E-state index contributed by atoms with van der Waals surface area (Å²) in [5, 5.41) is 0.612. The molecule has 154 valence electrons. The van der Waals surface area contributed by atoms with Gasteiger partial charge in [-0.2, -0.15) is 4.31 Å². The molecule has 0 spiro atoms. The quantitative estimate of drug-likeness (QED) is 0.605. The normalized spacial score (nSPS) is 16.7. The number of piperazine rings is 1. The van der Waals surface area contributed by atoms with Crippen molar-refractivity contribution < 1.29 is 12.8 Å². The zero-order valence-corrected chi connectivity index (χ0v) is 18.1. The van der Waals surface area contributed by atoms with Gasteiger partial charge in [0.05, 0.1) is 11.4 Å². The van der Waals surface area contributed by atoms with Gasteiger partial charge in [-0.25, -0.2) is 13.4 Å². The second-order valence-corrected chi connectivity index (χ2v) is 10.00. The monoisotopic (exact) mass is 433 g/mol. The standard InChI is InChI=1S/C21H24ClN3O3S/c1-15(2)16-3-6-18(7-4-16)29(26,27)25-11-9-24(10-12-25)14-21-23-19-8-5-17(22)13-20(19)28-21/h3-8,13,15H,9-12,14H2,1-2H3. The van der Waals surface area contributed by atoms with Gasteiger partial charge in [0.1, 0.15) is 5.52 Å². The molecule has 0 amide bonds. The molecule has 8 heteroatoms. The van der Waals surface area contributed by atoms with Crippen LogP contribution in [-0.4, -0.2) is 48.8 Å². The third-order valence-electron chi connectivity index (χ3n) is 5.27. The Labute approximate surface area is 176 Å². The van der Waals surface area contributed by atoms with E-state index in [4.69, 9.17) is 16.0 Å². The van der Waals surface area contributed by atoms with Crippen LogP contribution in [0.1, 0.15) is 31.2 Å². The Kier molecular flexibility index (Phi) is 5.66. The van der Waals surface area contributed by atoms with E-state index in [2.05, 4.69) is 23.7 Å². The predicted molar refractivity (Wildman–Crippen MR) is 114 cm³/mol. The first kappa shape index (κ1) is 20.3. The first-order valence-electron chi connectivity index (χ1n) is 9.70. The molecule has 6 nitrogen and oxygen atoms in total. The average Bonchev–Trinajstić information content (AvgIpc) is 3.09. The summed E-state index contributed by atoms with van der Waals surface area (Å²) in [6, 6.07) is 12.6. The van der Waals surface area contributed by atoms with Gasteiger partial charge in [0.2, 0.25) is 15.9 Å². The Morgan fingerprint density at radius 2 is 1.76 bits per heavy atom. The van der Waals surface area contributed by atoms with E-state index in [1.807, 2.05) is 18.2 Å². The van der Waals surface area contributed by atoms with E-state index < -0.39 is 10.0 Å². The van der Waals surface area contributed by atoms with Gasteiger partial charge < -0.3 is 4.42 Å². The predicted octanol–water partition coefficient (Wildman–Crippen LogP) is 4.11. The van der Waals surface area contributed by atoms with E-state index >= 15 is 0 Å². The largest absolute Gasteiger partial charge is 0.439 e. The van der Waals surface area contributed by atoms with Gasteiger partial charge in [0.25, 0.3) is 0 Å². The average molecular weight is 434 g/mol. The molecule has 3 aromatic rings. The second kappa shape index (κ2) is 8.07. The van der Waals surface area contributed by atoms with Crippen LogP contribution < -0.4 is 0 Å². The molecule has 0 saturated carbocycles. The lowest BCUT2D eigenvalue weighted by Crippen LogP contribution is -2.48. The van der Waals surface area contributed by atoms with Crippen LogP contribution in [0.4, 0.5) is 0 Å². The number of sulfonamides is 1. The van der Waals surface area contributed by atoms with Crippen molar-refractivity contribution in [3.8, 4) is 0 Å². The third kappa shape index (κ3) is 4.33. The Bertz CT molecular complexity index is 1100. The first-order valence-corrected chi connectivity index (χ1v) is 11.5. The Morgan fingerprint density at radius 1 is 1.07 bits per heavy atom. The number of fused-ring (bicyclic) bond motifs is 1. The van der Waals surface area contributed by atoms with E-state index in [1.54, 1.807) is 28.6 Å². The zero-order valence-electron chi connectivity index (χ0n) is 16.5. The van der Waals surface area contributed by atoms with Gasteiger partial charge in [-0.3, -0.25) is 4.90 Å². The zero-order chi connectivity index (χ0) is 20.6. The van der Waals surface area contributed by atoms with Crippen LogP contribution >= 0.6 is 11.6 Å². The molecule has 0 aliphatic carbocycles. The van der Waals surface area contributed by atoms with Crippen LogP contribution in [0.5, 0.6) is 0 Å². The summed E-state index contributed by atoms with van der Waals surface area (Å²) in [6.07, 6.45) is 0. The van der Waals surface area contributed by atoms with Crippen LogP contribution in [0.15, 0.2) is 51.8 Å². The van der Waals surface area contributed by atoms with Gasteiger partial charge in [0, 0.05) is 37.3 Å². The number of benzene rings is 2. The highest BCUT2D eigenvalue weighted by Crippen LogP contribution is 2.23. The molecule has 29 heavy (non-hydrogen) atoms. The van der Waals surface area contributed by atoms with E-state index in [0.717, 1.165) is 11.1 Å². The van der Waals surface area contributed by atoms with Gasteiger partial charge in [-0.15, -0.1) is 0 Å². The lowest BCUT2D eigenvalue weighted by atomic mass is 10.0. The van der Waals surface area contributed by atoms with Crippen molar-refractivity contribution in [1.82, 2.24) is 14.2 Å². The van der Waals surface area contributed by atoms with Crippen molar-refractivity contribution in [3.63, 3.8) is 0 Å². The number of hydrogen-bond acceptors (Lipinski definition) is 5. The van der Waals surface area contributed by atoms with Crippen molar-refractivity contribution in [1.29, 1.82) is 0 Å². The highest BCUT2D eigenvalue weighted by atomic mass is 35.5. The second-order valence-electron chi connectivity index (χ2n) is 7.62. The maximum absolute atomic E-state index is 12.9. The number of halogens is 1. The first-order chi connectivity index (χ1) is 13.8. The number of rotatable bonds is 5. The molecule has 0 N–H and O–H groups in total. The number of oxazole rings is 1. The molecule has 1 aromatic heterocycles. The SMILES string of the molecule is CC(C)c1ccc(S(=O)(=O)N2CCN(Cc3nc4ccc(Cl)cc4o3)CC2)cc1. The summed E-state index contributed by atoms with van der Waals surface area (Å²) in [5.41, 5.74) is 2.57. The summed E-state index contributed by atoms with van der Waals surface area (Å²) < 4.78 is 33.2. The van der Waals surface area contributed by atoms with Crippen LogP contribution in [0, 0.1) is 0 Å². The minimum absolute atomic E-state index is 0.353. The van der Waals surface area contributed by atoms with Crippen molar-refractivity contribution in [2.75, 3.05) is 26.2 Å². The molecule has 1 aliphatic rings. The fourth-order valence-corrected chi connectivity index (χ4v) is 5.09. The lowest BCUT2D eigenvalue weighted by molar-refractivity contribution is 0.169. The van der Waals surface area contributed by atoms with E-state index in [0.29, 0.717) is 60.0 Å². The smallest absolute Gasteiger partial charge is 0.243 e. The van der Waals surface area contributed by atoms with Crippen molar-refractivity contribution in [2.45, 2.75) is 31.2 Å². The number of nitrogens with zero attached hydrogens (tertiary/aromatic N) is 3. The molecule has 2 aromatic carbocycles. The Morgan fingerprint density at radius 3 is 2.41 bits per heavy atom. The molecule has 0 unspecified atom stereocenters. The summed E-state index contributed by atoms with van der Waals surface area (Å²) >= 11 is 5.99. The molecular formula is C21H24ClN3O3S. The van der Waals surface area contributed by atoms with Crippen LogP contribution in [0.2, 0.25) is 5.02 Å². The molecular weight excluding hydrogens is 410 g/mol. The lowest BCUT2D eigenvalue weighted by Gasteiger charge is -2.33. The van der Waals surface area contributed by atoms with Crippen LogP contribution in [0.25, 0.3) is 11.1 Å². The van der Waals surface area contributed by atoms with Crippen molar-refractivity contribution >= 4 is 32.7 Å². The molecule has 0 atom stereocenters. The van der Waals surface area contributed by atoms with Crippen molar-refractivity contribution in [3.05, 3.63) is 58.9 Å².